The van der Waals surface area contributed by atoms with E-state index in [2.05, 4.69) is 5.32 Å². The van der Waals surface area contributed by atoms with Gasteiger partial charge in [0.25, 0.3) is 5.91 Å². The quantitative estimate of drug-likeness (QED) is 0.786. The van der Waals surface area contributed by atoms with E-state index in [9.17, 15) is 13.2 Å². The molecule has 6 nitrogen and oxygen atoms in total. The normalized spacial score (nSPS) is 13.0. The molecule has 0 spiro atoms. The standard InChI is InChI=1S/C16H26N2O4S/c1-6-12(4)17-16(19)13-9-10-14(22-5)15(11-13)23(20,21)18(7-2)8-3/h9-12H,6-8H2,1-5H3,(H,17,19)/t12-/m0/s1. The van der Waals surface area contributed by atoms with Gasteiger partial charge in [0.15, 0.2) is 0 Å². The zero-order valence-corrected chi connectivity index (χ0v) is 15.2. The van der Waals surface area contributed by atoms with Crippen LogP contribution in [0.1, 0.15) is 44.5 Å². The maximum atomic E-state index is 12.7. The van der Waals surface area contributed by atoms with Gasteiger partial charge in [-0.1, -0.05) is 20.8 Å². The summed E-state index contributed by atoms with van der Waals surface area (Å²) in [5.41, 5.74) is 0.303. The highest BCUT2D eigenvalue weighted by Crippen LogP contribution is 2.27. The Morgan fingerprint density at radius 1 is 1.26 bits per heavy atom. The van der Waals surface area contributed by atoms with Crippen LogP contribution in [-0.4, -0.2) is 44.9 Å². The topological polar surface area (TPSA) is 75.7 Å². The molecule has 0 aliphatic rings. The van der Waals surface area contributed by atoms with Gasteiger partial charge in [0, 0.05) is 24.7 Å². The predicted molar refractivity (Wildman–Crippen MR) is 90.3 cm³/mol. The van der Waals surface area contributed by atoms with Crippen molar-refractivity contribution in [3.05, 3.63) is 23.8 Å². The third kappa shape index (κ3) is 4.45. The summed E-state index contributed by atoms with van der Waals surface area (Å²) in [5, 5.41) is 2.83. The second-order valence-electron chi connectivity index (χ2n) is 5.24. The number of benzene rings is 1. The maximum Gasteiger partial charge on any atom is 0.251 e. The van der Waals surface area contributed by atoms with Gasteiger partial charge < -0.3 is 10.1 Å². The molecule has 0 heterocycles. The number of nitrogens with one attached hydrogen (secondary N) is 1. The average Bonchev–Trinajstić information content (AvgIpc) is 2.54. The van der Waals surface area contributed by atoms with Crippen molar-refractivity contribution in [1.29, 1.82) is 0 Å². The third-order valence-corrected chi connectivity index (χ3v) is 5.81. The van der Waals surface area contributed by atoms with Gasteiger partial charge in [-0.15, -0.1) is 0 Å². The lowest BCUT2D eigenvalue weighted by Crippen LogP contribution is -2.33. The van der Waals surface area contributed by atoms with E-state index < -0.39 is 10.0 Å². The molecule has 0 saturated carbocycles. The van der Waals surface area contributed by atoms with E-state index in [1.54, 1.807) is 19.9 Å². The number of sulfonamides is 1. The van der Waals surface area contributed by atoms with Gasteiger partial charge in [0.2, 0.25) is 10.0 Å². The van der Waals surface area contributed by atoms with Crippen LogP contribution in [0.5, 0.6) is 5.75 Å². The molecule has 1 amide bonds. The minimum absolute atomic E-state index is 0.0144. The van der Waals surface area contributed by atoms with Crippen LogP contribution < -0.4 is 10.1 Å². The lowest BCUT2D eigenvalue weighted by atomic mass is 10.2. The van der Waals surface area contributed by atoms with Crippen molar-refractivity contribution >= 4 is 15.9 Å². The van der Waals surface area contributed by atoms with Crippen LogP contribution in [0, 0.1) is 0 Å². The molecule has 0 saturated heterocycles. The summed E-state index contributed by atoms with van der Waals surface area (Å²) in [6.45, 7) is 8.11. The largest absolute Gasteiger partial charge is 0.495 e. The van der Waals surface area contributed by atoms with E-state index in [0.29, 0.717) is 18.7 Å². The summed E-state index contributed by atoms with van der Waals surface area (Å²) >= 11 is 0. The Labute approximate surface area is 138 Å². The highest BCUT2D eigenvalue weighted by Gasteiger charge is 2.26. The van der Waals surface area contributed by atoms with Crippen molar-refractivity contribution in [2.24, 2.45) is 0 Å². The van der Waals surface area contributed by atoms with Crippen LogP contribution in [0.25, 0.3) is 0 Å². The fraction of sp³-hybridized carbons (Fsp3) is 0.562. The van der Waals surface area contributed by atoms with Crippen LogP contribution in [0.15, 0.2) is 23.1 Å². The van der Waals surface area contributed by atoms with Crippen molar-refractivity contribution in [1.82, 2.24) is 9.62 Å². The number of methoxy groups -OCH3 is 1. The number of amides is 1. The zero-order chi connectivity index (χ0) is 17.6. The Kier molecular flexibility index (Phi) is 7.02. The van der Waals surface area contributed by atoms with Gasteiger partial charge in [-0.3, -0.25) is 4.79 Å². The number of ether oxygens (including phenoxy) is 1. The third-order valence-electron chi connectivity index (χ3n) is 3.74. The fourth-order valence-corrected chi connectivity index (χ4v) is 3.77. The van der Waals surface area contributed by atoms with Crippen LogP contribution in [0.2, 0.25) is 0 Å². The first-order valence-corrected chi connectivity index (χ1v) is 9.24. The summed E-state index contributed by atoms with van der Waals surface area (Å²) in [4.78, 5) is 12.3. The van der Waals surface area contributed by atoms with Gasteiger partial charge in [0.1, 0.15) is 10.6 Å². The number of rotatable bonds is 8. The molecule has 0 aliphatic carbocycles. The van der Waals surface area contributed by atoms with Crippen molar-refractivity contribution in [2.75, 3.05) is 20.2 Å². The molecule has 1 atom stereocenters. The Morgan fingerprint density at radius 2 is 1.87 bits per heavy atom. The summed E-state index contributed by atoms with van der Waals surface area (Å²) in [6, 6.07) is 4.48. The summed E-state index contributed by atoms with van der Waals surface area (Å²) in [6.07, 6.45) is 0.798. The number of carbonyl (C=O) groups is 1. The number of hydrogen-bond donors (Lipinski definition) is 1. The van der Waals surface area contributed by atoms with Gasteiger partial charge >= 0.3 is 0 Å². The molecular weight excluding hydrogens is 316 g/mol. The first-order chi connectivity index (χ1) is 10.8. The Morgan fingerprint density at radius 3 is 2.35 bits per heavy atom. The van der Waals surface area contributed by atoms with E-state index >= 15 is 0 Å². The van der Waals surface area contributed by atoms with E-state index in [-0.39, 0.29) is 22.6 Å². The lowest BCUT2D eigenvalue weighted by molar-refractivity contribution is 0.0939. The molecule has 1 N–H and O–H groups in total. The predicted octanol–water partition coefficient (Wildman–Crippen LogP) is 2.25. The highest BCUT2D eigenvalue weighted by molar-refractivity contribution is 7.89. The molecule has 0 fully saturated rings. The minimum atomic E-state index is -3.71. The molecule has 7 heteroatoms. The number of hydrogen-bond acceptors (Lipinski definition) is 4. The zero-order valence-electron chi connectivity index (χ0n) is 14.4. The maximum absolute atomic E-state index is 12.7. The van der Waals surface area contributed by atoms with Crippen molar-refractivity contribution in [3.8, 4) is 5.75 Å². The van der Waals surface area contributed by atoms with Gasteiger partial charge in [-0.2, -0.15) is 4.31 Å². The SMILES string of the molecule is CC[C@H](C)NC(=O)c1ccc(OC)c(S(=O)(=O)N(CC)CC)c1. The molecule has 23 heavy (non-hydrogen) atoms. The number of carbonyl (C=O) groups excluding carboxylic acids is 1. The summed E-state index contributed by atoms with van der Waals surface area (Å²) in [7, 11) is -2.29. The van der Waals surface area contributed by atoms with E-state index in [0.717, 1.165) is 6.42 Å². The Hall–Kier alpha value is -1.60. The average molecular weight is 342 g/mol. The Balaban J connectivity index is 3.31. The summed E-state index contributed by atoms with van der Waals surface area (Å²) in [5.74, 6) is -0.0602. The molecule has 130 valence electrons. The monoisotopic (exact) mass is 342 g/mol. The fourth-order valence-electron chi connectivity index (χ4n) is 2.13. The van der Waals surface area contributed by atoms with Gasteiger partial charge in [-0.25, -0.2) is 8.42 Å². The second kappa shape index (κ2) is 8.31. The van der Waals surface area contributed by atoms with Crippen molar-refractivity contribution in [3.63, 3.8) is 0 Å². The molecule has 1 aromatic rings. The summed E-state index contributed by atoms with van der Waals surface area (Å²) < 4.78 is 32.0. The van der Waals surface area contributed by atoms with Crippen LogP contribution in [0.4, 0.5) is 0 Å². The molecule has 0 unspecified atom stereocenters. The second-order valence-corrected chi connectivity index (χ2v) is 7.14. The Bertz CT molecular complexity index is 639. The first-order valence-electron chi connectivity index (χ1n) is 7.80. The highest BCUT2D eigenvalue weighted by atomic mass is 32.2. The molecule has 1 rings (SSSR count). The molecule has 1 aromatic carbocycles. The van der Waals surface area contributed by atoms with Crippen LogP contribution >= 0.6 is 0 Å². The molecule has 0 radical (unpaired) electrons. The number of nitrogens with zero attached hydrogens (tertiary/aromatic N) is 1. The van der Waals surface area contributed by atoms with Gasteiger partial charge in [0.05, 0.1) is 7.11 Å². The molecule has 0 aromatic heterocycles. The van der Waals surface area contributed by atoms with E-state index in [4.69, 9.17) is 4.74 Å². The van der Waals surface area contributed by atoms with Crippen molar-refractivity contribution in [2.45, 2.75) is 45.1 Å². The van der Waals surface area contributed by atoms with E-state index in [1.165, 1.54) is 23.5 Å². The molecule has 0 bridgehead atoms. The lowest BCUT2D eigenvalue weighted by Gasteiger charge is -2.20. The first kappa shape index (κ1) is 19.4. The molecular formula is C16H26N2O4S. The van der Waals surface area contributed by atoms with Crippen molar-refractivity contribution < 1.29 is 17.9 Å². The van der Waals surface area contributed by atoms with Crippen LogP contribution in [-0.2, 0) is 10.0 Å². The molecule has 0 aliphatic heterocycles. The van der Waals surface area contributed by atoms with Crippen LogP contribution in [0.3, 0.4) is 0 Å². The van der Waals surface area contributed by atoms with E-state index in [1.807, 2.05) is 13.8 Å². The smallest absolute Gasteiger partial charge is 0.251 e. The minimum Gasteiger partial charge on any atom is -0.495 e. The van der Waals surface area contributed by atoms with Gasteiger partial charge in [-0.05, 0) is 31.5 Å².